The van der Waals surface area contributed by atoms with E-state index in [0.717, 1.165) is 21.8 Å². The molecule has 0 saturated carbocycles. The van der Waals surface area contributed by atoms with E-state index in [2.05, 4.69) is 5.32 Å². The van der Waals surface area contributed by atoms with E-state index in [1.165, 1.54) is 0 Å². The molecule has 1 amide bonds. The molecule has 1 aromatic heterocycles. The SMILES string of the molecule is O=C(/C=C/c1ccc2c(c1)OCO2)NC(c1ccccc1)c1cccs1. The third-order valence-electron chi connectivity index (χ3n) is 4.07. The fraction of sp³-hybridized carbons (Fsp3) is 0.0952. The van der Waals surface area contributed by atoms with Crippen LogP contribution in [0.15, 0.2) is 72.1 Å². The van der Waals surface area contributed by atoms with Gasteiger partial charge in [-0.05, 0) is 40.8 Å². The molecule has 4 nitrogen and oxygen atoms in total. The summed E-state index contributed by atoms with van der Waals surface area (Å²) >= 11 is 1.63. The van der Waals surface area contributed by atoms with Crippen molar-refractivity contribution in [3.8, 4) is 11.5 Å². The lowest BCUT2D eigenvalue weighted by Gasteiger charge is -2.17. The van der Waals surface area contributed by atoms with Crippen LogP contribution in [-0.2, 0) is 4.79 Å². The Morgan fingerprint density at radius 3 is 2.69 bits per heavy atom. The number of benzene rings is 2. The quantitative estimate of drug-likeness (QED) is 0.684. The van der Waals surface area contributed by atoms with Crippen LogP contribution in [-0.4, -0.2) is 12.7 Å². The molecular weight excluding hydrogens is 346 g/mol. The molecule has 0 spiro atoms. The van der Waals surface area contributed by atoms with Gasteiger partial charge in [0.1, 0.15) is 0 Å². The third kappa shape index (κ3) is 3.63. The molecule has 1 unspecified atom stereocenters. The number of rotatable bonds is 5. The second-order valence-electron chi connectivity index (χ2n) is 5.81. The van der Waals surface area contributed by atoms with Gasteiger partial charge in [0.2, 0.25) is 12.7 Å². The van der Waals surface area contributed by atoms with E-state index in [0.29, 0.717) is 5.75 Å². The maximum absolute atomic E-state index is 12.5. The average molecular weight is 363 g/mol. The number of fused-ring (bicyclic) bond motifs is 1. The fourth-order valence-corrected chi connectivity index (χ4v) is 3.60. The number of carbonyl (C=O) groups is 1. The number of hydrogen-bond donors (Lipinski definition) is 1. The van der Waals surface area contributed by atoms with Crippen LogP contribution in [0.25, 0.3) is 6.08 Å². The molecule has 130 valence electrons. The topological polar surface area (TPSA) is 47.6 Å². The Balaban J connectivity index is 1.50. The molecule has 0 radical (unpaired) electrons. The van der Waals surface area contributed by atoms with E-state index in [1.54, 1.807) is 23.5 Å². The molecule has 0 saturated heterocycles. The molecule has 3 aromatic rings. The van der Waals surface area contributed by atoms with Crippen LogP contribution in [0.2, 0.25) is 0 Å². The Bertz CT molecular complexity index is 920. The van der Waals surface area contributed by atoms with Gasteiger partial charge in [-0.2, -0.15) is 0 Å². The van der Waals surface area contributed by atoms with E-state index in [-0.39, 0.29) is 18.7 Å². The highest BCUT2D eigenvalue weighted by Crippen LogP contribution is 2.32. The Morgan fingerprint density at radius 2 is 1.88 bits per heavy atom. The van der Waals surface area contributed by atoms with Crippen molar-refractivity contribution in [1.29, 1.82) is 0 Å². The standard InChI is InChI=1S/C21H17NO3S/c23-20(11-9-15-8-10-17-18(13-15)25-14-24-17)22-21(19-7-4-12-26-19)16-5-2-1-3-6-16/h1-13,21H,14H2,(H,22,23)/b11-9+. The predicted molar refractivity (Wildman–Crippen MR) is 102 cm³/mol. The number of thiophene rings is 1. The lowest BCUT2D eigenvalue weighted by molar-refractivity contribution is -0.116. The molecule has 0 fully saturated rings. The highest BCUT2D eigenvalue weighted by molar-refractivity contribution is 7.10. The minimum absolute atomic E-state index is 0.148. The van der Waals surface area contributed by atoms with Crippen molar-refractivity contribution in [2.75, 3.05) is 6.79 Å². The van der Waals surface area contributed by atoms with Gasteiger partial charge < -0.3 is 14.8 Å². The molecule has 2 heterocycles. The van der Waals surface area contributed by atoms with Gasteiger partial charge in [-0.1, -0.05) is 42.5 Å². The van der Waals surface area contributed by atoms with Crippen molar-refractivity contribution in [2.45, 2.75) is 6.04 Å². The third-order valence-corrected chi connectivity index (χ3v) is 5.01. The summed E-state index contributed by atoms with van der Waals surface area (Å²) in [6, 6.07) is 19.4. The summed E-state index contributed by atoms with van der Waals surface area (Å²) in [6.07, 6.45) is 3.31. The number of amides is 1. The summed E-state index contributed by atoms with van der Waals surface area (Å²) in [7, 11) is 0. The van der Waals surface area contributed by atoms with E-state index in [9.17, 15) is 4.79 Å². The Labute approximate surface area is 155 Å². The molecular formula is C21H17NO3S. The monoisotopic (exact) mass is 363 g/mol. The average Bonchev–Trinajstić information content (AvgIpc) is 3.36. The Morgan fingerprint density at radius 1 is 1.04 bits per heavy atom. The second kappa shape index (κ2) is 7.45. The van der Waals surface area contributed by atoms with Crippen molar-refractivity contribution < 1.29 is 14.3 Å². The molecule has 0 bridgehead atoms. The van der Waals surface area contributed by atoms with Gasteiger partial charge in [0, 0.05) is 11.0 Å². The summed E-state index contributed by atoms with van der Waals surface area (Å²) in [4.78, 5) is 13.6. The smallest absolute Gasteiger partial charge is 0.244 e. The van der Waals surface area contributed by atoms with Crippen LogP contribution < -0.4 is 14.8 Å². The van der Waals surface area contributed by atoms with Gasteiger partial charge >= 0.3 is 0 Å². The predicted octanol–water partition coefficient (Wildman–Crippen LogP) is 4.40. The normalized spacial score (nSPS) is 13.7. The van der Waals surface area contributed by atoms with Crippen molar-refractivity contribution >= 4 is 23.3 Å². The van der Waals surface area contributed by atoms with E-state index in [1.807, 2.05) is 66.0 Å². The molecule has 1 aliphatic heterocycles. The summed E-state index contributed by atoms with van der Waals surface area (Å²) in [5, 5.41) is 5.10. The molecule has 26 heavy (non-hydrogen) atoms. The first-order valence-electron chi connectivity index (χ1n) is 8.26. The van der Waals surface area contributed by atoms with E-state index >= 15 is 0 Å². The van der Waals surface area contributed by atoms with Gasteiger partial charge in [-0.25, -0.2) is 0 Å². The fourth-order valence-electron chi connectivity index (χ4n) is 2.80. The number of carbonyl (C=O) groups excluding carboxylic acids is 1. The van der Waals surface area contributed by atoms with Crippen LogP contribution in [0.4, 0.5) is 0 Å². The maximum Gasteiger partial charge on any atom is 0.244 e. The van der Waals surface area contributed by atoms with Crippen molar-refractivity contribution in [2.24, 2.45) is 0 Å². The zero-order valence-corrected chi connectivity index (χ0v) is 14.7. The zero-order chi connectivity index (χ0) is 17.8. The van der Waals surface area contributed by atoms with Gasteiger partial charge in [0.05, 0.1) is 6.04 Å². The zero-order valence-electron chi connectivity index (χ0n) is 13.9. The van der Waals surface area contributed by atoms with Crippen LogP contribution >= 0.6 is 11.3 Å². The molecule has 1 aliphatic rings. The number of nitrogens with one attached hydrogen (secondary N) is 1. The highest BCUT2D eigenvalue weighted by atomic mass is 32.1. The lowest BCUT2D eigenvalue weighted by atomic mass is 10.1. The molecule has 2 aromatic carbocycles. The first-order chi connectivity index (χ1) is 12.8. The summed E-state index contributed by atoms with van der Waals surface area (Å²) in [5.41, 5.74) is 1.94. The van der Waals surface area contributed by atoms with Crippen LogP contribution in [0.1, 0.15) is 22.0 Å². The first kappa shape index (κ1) is 16.4. The van der Waals surface area contributed by atoms with Crippen LogP contribution in [0.3, 0.4) is 0 Å². The van der Waals surface area contributed by atoms with E-state index in [4.69, 9.17) is 9.47 Å². The second-order valence-corrected chi connectivity index (χ2v) is 6.79. The minimum atomic E-state index is -0.162. The Kier molecular flexibility index (Phi) is 4.71. The van der Waals surface area contributed by atoms with Crippen LogP contribution in [0, 0.1) is 0 Å². The van der Waals surface area contributed by atoms with Crippen LogP contribution in [0.5, 0.6) is 11.5 Å². The lowest BCUT2D eigenvalue weighted by Crippen LogP contribution is -2.27. The van der Waals surface area contributed by atoms with Crippen molar-refractivity contribution in [3.63, 3.8) is 0 Å². The minimum Gasteiger partial charge on any atom is -0.454 e. The molecule has 1 N–H and O–H groups in total. The van der Waals surface area contributed by atoms with Gasteiger partial charge in [-0.15, -0.1) is 11.3 Å². The van der Waals surface area contributed by atoms with Crippen molar-refractivity contribution in [3.05, 3.63) is 88.1 Å². The van der Waals surface area contributed by atoms with Gasteiger partial charge in [0.15, 0.2) is 11.5 Å². The first-order valence-corrected chi connectivity index (χ1v) is 9.14. The molecule has 5 heteroatoms. The summed E-state index contributed by atoms with van der Waals surface area (Å²) in [6.45, 7) is 0.239. The summed E-state index contributed by atoms with van der Waals surface area (Å²) < 4.78 is 10.7. The van der Waals surface area contributed by atoms with Crippen molar-refractivity contribution in [1.82, 2.24) is 5.32 Å². The largest absolute Gasteiger partial charge is 0.454 e. The summed E-state index contributed by atoms with van der Waals surface area (Å²) in [5.74, 6) is 1.28. The molecule has 1 atom stereocenters. The Hall–Kier alpha value is -3.05. The maximum atomic E-state index is 12.5. The highest BCUT2D eigenvalue weighted by Gasteiger charge is 2.16. The van der Waals surface area contributed by atoms with E-state index < -0.39 is 0 Å². The van der Waals surface area contributed by atoms with Gasteiger partial charge in [0.25, 0.3) is 0 Å². The number of hydrogen-bond acceptors (Lipinski definition) is 4. The van der Waals surface area contributed by atoms with Gasteiger partial charge in [-0.3, -0.25) is 4.79 Å². The molecule has 4 rings (SSSR count). The number of ether oxygens (including phenoxy) is 2. The molecule has 0 aliphatic carbocycles.